The Bertz CT molecular complexity index is 487. The summed E-state index contributed by atoms with van der Waals surface area (Å²) in [5, 5.41) is 11.0. The van der Waals surface area contributed by atoms with Gasteiger partial charge in [0.25, 0.3) is 0 Å². The fourth-order valence-corrected chi connectivity index (χ4v) is 4.91. The summed E-state index contributed by atoms with van der Waals surface area (Å²) in [7, 11) is -3.05. The molecular formula is C10H15NO3S2. The van der Waals surface area contributed by atoms with Gasteiger partial charge in [0.2, 0.25) is 0 Å². The average molecular weight is 261 g/mol. The molecule has 0 amide bonds. The molecule has 6 heteroatoms. The van der Waals surface area contributed by atoms with Crippen molar-refractivity contribution < 1.29 is 13.5 Å². The van der Waals surface area contributed by atoms with Gasteiger partial charge in [-0.05, 0) is 20.3 Å². The van der Waals surface area contributed by atoms with Gasteiger partial charge in [-0.25, -0.2) is 13.4 Å². The Labute approximate surface area is 99.3 Å². The highest BCUT2D eigenvalue weighted by atomic mass is 32.2. The van der Waals surface area contributed by atoms with E-state index in [9.17, 15) is 13.5 Å². The van der Waals surface area contributed by atoms with E-state index in [0.717, 1.165) is 15.6 Å². The van der Waals surface area contributed by atoms with E-state index in [1.807, 2.05) is 13.8 Å². The van der Waals surface area contributed by atoms with E-state index >= 15 is 0 Å². The molecule has 1 aliphatic rings. The highest BCUT2D eigenvalue weighted by molar-refractivity contribution is 7.91. The predicted octanol–water partition coefficient (Wildman–Crippen LogP) is 0.852. The molecule has 1 saturated heterocycles. The number of sulfone groups is 1. The molecule has 1 aromatic heterocycles. The standard InChI is InChI=1S/C10H15NO3S2/c1-7-8(2)15-9(11-7)5-10(12)3-4-16(13,14)6-10/h12H,3-6H2,1-2H3. The van der Waals surface area contributed by atoms with Crippen LogP contribution in [0, 0.1) is 13.8 Å². The summed E-state index contributed by atoms with van der Waals surface area (Å²) >= 11 is 1.53. The molecule has 0 aromatic carbocycles. The largest absolute Gasteiger partial charge is 0.388 e. The molecule has 1 unspecified atom stereocenters. The van der Waals surface area contributed by atoms with Crippen LogP contribution in [-0.2, 0) is 16.3 Å². The first-order valence-corrected chi connectivity index (χ1v) is 7.79. The van der Waals surface area contributed by atoms with Crippen molar-refractivity contribution >= 4 is 21.2 Å². The Morgan fingerprint density at radius 1 is 1.50 bits per heavy atom. The Kier molecular flexibility index (Phi) is 2.84. The lowest BCUT2D eigenvalue weighted by Crippen LogP contribution is -2.32. The monoisotopic (exact) mass is 261 g/mol. The van der Waals surface area contributed by atoms with Crippen molar-refractivity contribution in [1.82, 2.24) is 4.98 Å². The fourth-order valence-electron chi connectivity index (χ4n) is 1.93. The third-order valence-corrected chi connectivity index (χ3v) is 5.80. The highest BCUT2D eigenvalue weighted by Crippen LogP contribution is 2.29. The fraction of sp³-hybridized carbons (Fsp3) is 0.700. The van der Waals surface area contributed by atoms with Crippen molar-refractivity contribution in [3.05, 3.63) is 15.6 Å². The summed E-state index contributed by atoms with van der Waals surface area (Å²) in [5.74, 6) is -0.0372. The minimum absolute atomic E-state index is 0.0901. The number of hydrogen-bond acceptors (Lipinski definition) is 5. The molecule has 1 N–H and O–H groups in total. The Morgan fingerprint density at radius 2 is 2.19 bits per heavy atom. The van der Waals surface area contributed by atoms with Crippen molar-refractivity contribution in [2.45, 2.75) is 32.3 Å². The smallest absolute Gasteiger partial charge is 0.153 e. The van der Waals surface area contributed by atoms with Gasteiger partial charge in [-0.2, -0.15) is 0 Å². The van der Waals surface area contributed by atoms with Crippen LogP contribution in [0.15, 0.2) is 0 Å². The van der Waals surface area contributed by atoms with Gasteiger partial charge in [0, 0.05) is 11.3 Å². The summed E-state index contributed by atoms with van der Waals surface area (Å²) in [6.45, 7) is 3.90. The molecule has 0 bridgehead atoms. The van der Waals surface area contributed by atoms with E-state index in [4.69, 9.17) is 0 Å². The molecule has 2 rings (SSSR count). The van der Waals surface area contributed by atoms with E-state index in [1.54, 1.807) is 0 Å². The van der Waals surface area contributed by atoms with Gasteiger partial charge in [0.1, 0.15) is 0 Å². The van der Waals surface area contributed by atoms with E-state index < -0.39 is 15.4 Å². The number of thiazole rings is 1. The minimum atomic E-state index is -3.05. The molecule has 0 aliphatic carbocycles. The predicted molar refractivity (Wildman–Crippen MR) is 63.5 cm³/mol. The zero-order chi connectivity index (χ0) is 12.0. The summed E-state index contributed by atoms with van der Waals surface area (Å²) in [4.78, 5) is 5.45. The van der Waals surface area contributed by atoms with Crippen LogP contribution in [0.2, 0.25) is 0 Å². The number of nitrogens with zero attached hydrogens (tertiary/aromatic N) is 1. The van der Waals surface area contributed by atoms with Crippen molar-refractivity contribution in [3.8, 4) is 0 Å². The van der Waals surface area contributed by atoms with Crippen LogP contribution in [0.4, 0.5) is 0 Å². The molecule has 1 fully saturated rings. The van der Waals surface area contributed by atoms with Gasteiger partial charge >= 0.3 is 0 Å². The first-order chi connectivity index (χ1) is 7.30. The molecule has 2 heterocycles. The normalized spacial score (nSPS) is 28.4. The molecule has 0 spiro atoms. The van der Waals surface area contributed by atoms with Gasteiger partial charge in [0.05, 0.1) is 27.8 Å². The second-order valence-corrected chi connectivity index (χ2v) is 7.96. The maximum atomic E-state index is 11.3. The maximum Gasteiger partial charge on any atom is 0.153 e. The lowest BCUT2D eigenvalue weighted by molar-refractivity contribution is 0.0681. The van der Waals surface area contributed by atoms with Gasteiger partial charge < -0.3 is 5.11 Å². The van der Waals surface area contributed by atoms with Crippen LogP contribution < -0.4 is 0 Å². The van der Waals surface area contributed by atoms with Crippen molar-refractivity contribution in [3.63, 3.8) is 0 Å². The van der Waals surface area contributed by atoms with E-state index in [-0.39, 0.29) is 11.5 Å². The quantitative estimate of drug-likeness (QED) is 0.857. The van der Waals surface area contributed by atoms with Crippen molar-refractivity contribution in [2.75, 3.05) is 11.5 Å². The molecule has 1 aliphatic heterocycles. The average Bonchev–Trinajstić information content (AvgIpc) is 2.54. The Hall–Kier alpha value is -0.460. The Balaban J connectivity index is 2.16. The number of aliphatic hydroxyl groups is 1. The molecular weight excluding hydrogens is 246 g/mol. The zero-order valence-corrected chi connectivity index (χ0v) is 11.0. The number of hydrogen-bond donors (Lipinski definition) is 1. The summed E-state index contributed by atoms with van der Waals surface area (Å²) in [6.07, 6.45) is 0.679. The summed E-state index contributed by atoms with van der Waals surface area (Å²) in [6, 6.07) is 0. The van der Waals surface area contributed by atoms with Crippen LogP contribution in [-0.4, -0.2) is 35.6 Å². The van der Waals surface area contributed by atoms with E-state index in [0.29, 0.717) is 12.8 Å². The van der Waals surface area contributed by atoms with Crippen LogP contribution in [0.1, 0.15) is 22.0 Å². The molecule has 1 atom stereocenters. The summed E-state index contributed by atoms with van der Waals surface area (Å²) < 4.78 is 22.7. The summed E-state index contributed by atoms with van der Waals surface area (Å²) in [5.41, 5.74) is -0.139. The third kappa shape index (κ3) is 2.44. The minimum Gasteiger partial charge on any atom is -0.388 e. The van der Waals surface area contributed by atoms with Gasteiger partial charge in [0.15, 0.2) is 9.84 Å². The zero-order valence-electron chi connectivity index (χ0n) is 9.36. The maximum absolute atomic E-state index is 11.3. The molecule has 16 heavy (non-hydrogen) atoms. The first kappa shape index (κ1) is 12.0. The van der Waals surface area contributed by atoms with E-state index in [2.05, 4.69) is 4.98 Å². The van der Waals surface area contributed by atoms with Crippen molar-refractivity contribution in [1.29, 1.82) is 0 Å². The topological polar surface area (TPSA) is 67.3 Å². The molecule has 0 saturated carbocycles. The van der Waals surface area contributed by atoms with Gasteiger partial charge in [-0.1, -0.05) is 0 Å². The highest BCUT2D eigenvalue weighted by Gasteiger charge is 2.41. The van der Waals surface area contributed by atoms with Crippen LogP contribution >= 0.6 is 11.3 Å². The SMILES string of the molecule is Cc1nc(CC2(O)CCS(=O)(=O)C2)sc1C. The lowest BCUT2D eigenvalue weighted by Gasteiger charge is -2.18. The van der Waals surface area contributed by atoms with Crippen molar-refractivity contribution in [2.24, 2.45) is 0 Å². The molecule has 4 nitrogen and oxygen atoms in total. The molecule has 90 valence electrons. The van der Waals surface area contributed by atoms with Gasteiger partial charge in [-0.3, -0.25) is 0 Å². The second-order valence-electron chi connectivity index (χ2n) is 4.49. The first-order valence-electron chi connectivity index (χ1n) is 5.15. The third-order valence-electron chi connectivity index (χ3n) is 2.92. The number of rotatable bonds is 2. The number of aromatic nitrogens is 1. The van der Waals surface area contributed by atoms with Gasteiger partial charge in [-0.15, -0.1) is 11.3 Å². The number of aryl methyl sites for hydroxylation is 2. The second kappa shape index (κ2) is 3.78. The molecule has 1 aromatic rings. The van der Waals surface area contributed by atoms with Crippen LogP contribution in [0.5, 0.6) is 0 Å². The van der Waals surface area contributed by atoms with E-state index in [1.165, 1.54) is 11.3 Å². The van der Waals surface area contributed by atoms with Crippen LogP contribution in [0.25, 0.3) is 0 Å². The van der Waals surface area contributed by atoms with Crippen LogP contribution in [0.3, 0.4) is 0 Å². The lowest BCUT2D eigenvalue weighted by atomic mass is 10.00. The molecule has 0 radical (unpaired) electrons. The Morgan fingerprint density at radius 3 is 2.62 bits per heavy atom.